The van der Waals surface area contributed by atoms with Crippen LogP contribution in [-0.2, 0) is 22.6 Å². The molecule has 2 heterocycles. The number of carbonyl (C=O) groups excluding carboxylic acids is 2. The normalized spacial score (nSPS) is 10.8. The van der Waals surface area contributed by atoms with Crippen LogP contribution in [-0.4, -0.2) is 23.4 Å². The fraction of sp³-hybridized carbons (Fsp3) is 0.167. The van der Waals surface area contributed by atoms with Crippen LogP contribution < -0.4 is 0 Å². The summed E-state index contributed by atoms with van der Waals surface area (Å²) in [5.41, 5.74) is 2.27. The van der Waals surface area contributed by atoms with Crippen molar-refractivity contribution < 1.29 is 23.2 Å². The van der Waals surface area contributed by atoms with Crippen molar-refractivity contribution in [2.75, 3.05) is 6.61 Å². The van der Waals surface area contributed by atoms with Crippen molar-refractivity contribution in [2.24, 2.45) is 0 Å². The number of rotatable bonds is 7. The lowest BCUT2D eigenvalue weighted by molar-refractivity contribution is -0.136. The smallest absolute Gasteiger partial charge is 0.375 e. The summed E-state index contributed by atoms with van der Waals surface area (Å²) >= 11 is 0. The van der Waals surface area contributed by atoms with Crippen molar-refractivity contribution in [3.8, 4) is 0 Å². The number of nitrogens with zero attached hydrogens (tertiary/aromatic N) is 1. The zero-order chi connectivity index (χ0) is 20.9. The molecular weight excluding hydrogens is 382 g/mol. The molecule has 4 aromatic rings. The Hall–Kier alpha value is -3.80. The van der Waals surface area contributed by atoms with E-state index in [1.54, 1.807) is 36.3 Å². The summed E-state index contributed by atoms with van der Waals surface area (Å²) in [5, 5.41) is 0.847. The molecule has 0 saturated carbocycles. The van der Waals surface area contributed by atoms with Crippen LogP contribution in [0.4, 0.5) is 0 Å². The van der Waals surface area contributed by atoms with Gasteiger partial charge in [0, 0.05) is 17.5 Å². The van der Waals surface area contributed by atoms with Crippen LogP contribution in [0.25, 0.3) is 11.0 Å². The number of fused-ring (bicyclic) bond motifs is 1. The van der Waals surface area contributed by atoms with Crippen LogP contribution in [0.15, 0.2) is 81.8 Å². The largest absolute Gasteiger partial charge is 0.467 e. The predicted octanol–water partition coefficient (Wildman–Crippen LogP) is 4.72. The Morgan fingerprint density at radius 1 is 0.933 bits per heavy atom. The van der Waals surface area contributed by atoms with E-state index in [1.807, 2.05) is 48.5 Å². The van der Waals surface area contributed by atoms with Gasteiger partial charge in [-0.25, -0.2) is 4.79 Å². The van der Waals surface area contributed by atoms with Gasteiger partial charge < -0.3 is 18.5 Å². The molecule has 152 valence electrons. The zero-order valence-corrected chi connectivity index (χ0v) is 16.5. The van der Waals surface area contributed by atoms with E-state index in [4.69, 9.17) is 13.6 Å². The highest BCUT2D eigenvalue weighted by Gasteiger charge is 2.22. The second-order valence-electron chi connectivity index (χ2n) is 6.94. The highest BCUT2D eigenvalue weighted by Crippen LogP contribution is 2.25. The van der Waals surface area contributed by atoms with Gasteiger partial charge in [0.1, 0.15) is 11.3 Å². The zero-order valence-electron chi connectivity index (χ0n) is 16.5. The third-order valence-electron chi connectivity index (χ3n) is 4.85. The highest BCUT2D eigenvalue weighted by atomic mass is 16.5. The lowest BCUT2D eigenvalue weighted by atomic mass is 10.1. The molecule has 0 aliphatic rings. The van der Waals surface area contributed by atoms with Crippen molar-refractivity contribution in [3.05, 3.63) is 95.6 Å². The van der Waals surface area contributed by atoms with E-state index in [-0.39, 0.29) is 24.8 Å². The molecule has 0 radical (unpaired) electrons. The maximum atomic E-state index is 12.8. The predicted molar refractivity (Wildman–Crippen MR) is 111 cm³/mol. The Kier molecular flexibility index (Phi) is 5.66. The number of benzene rings is 2. The van der Waals surface area contributed by atoms with Gasteiger partial charge in [-0.05, 0) is 30.7 Å². The van der Waals surface area contributed by atoms with E-state index < -0.39 is 5.97 Å². The maximum Gasteiger partial charge on any atom is 0.375 e. The van der Waals surface area contributed by atoms with E-state index in [0.29, 0.717) is 23.5 Å². The number of hydrogen-bond acceptors (Lipinski definition) is 5. The molecule has 0 bridgehead atoms. The fourth-order valence-corrected chi connectivity index (χ4v) is 3.28. The van der Waals surface area contributed by atoms with Crippen molar-refractivity contribution in [1.82, 2.24) is 4.90 Å². The minimum atomic E-state index is -0.658. The molecule has 30 heavy (non-hydrogen) atoms. The van der Waals surface area contributed by atoms with E-state index in [2.05, 4.69) is 0 Å². The molecule has 2 aromatic heterocycles. The lowest BCUT2D eigenvalue weighted by Gasteiger charge is -2.21. The molecule has 0 saturated heterocycles. The lowest BCUT2D eigenvalue weighted by Crippen LogP contribution is -2.33. The van der Waals surface area contributed by atoms with Gasteiger partial charge in [0.05, 0.1) is 12.8 Å². The molecule has 2 aromatic carbocycles. The Morgan fingerprint density at radius 3 is 2.43 bits per heavy atom. The van der Waals surface area contributed by atoms with Crippen LogP contribution >= 0.6 is 0 Å². The fourth-order valence-electron chi connectivity index (χ4n) is 3.28. The number of para-hydroxylation sites is 1. The average molecular weight is 403 g/mol. The minimum absolute atomic E-state index is 0.115. The van der Waals surface area contributed by atoms with E-state index >= 15 is 0 Å². The summed E-state index contributed by atoms with van der Waals surface area (Å²) in [6.07, 6.45) is 1.56. The third-order valence-corrected chi connectivity index (χ3v) is 4.85. The monoisotopic (exact) mass is 403 g/mol. The first-order chi connectivity index (χ1) is 14.6. The summed E-state index contributed by atoms with van der Waals surface area (Å²) in [6.45, 7) is 2.06. The number of carbonyl (C=O) groups is 2. The molecule has 0 N–H and O–H groups in total. The first-order valence-corrected chi connectivity index (χ1v) is 9.61. The number of hydrogen-bond donors (Lipinski definition) is 0. The Balaban J connectivity index is 1.46. The molecule has 6 nitrogen and oxygen atoms in total. The van der Waals surface area contributed by atoms with Crippen molar-refractivity contribution in [2.45, 2.75) is 20.0 Å². The number of furan rings is 2. The van der Waals surface area contributed by atoms with Crippen LogP contribution in [0, 0.1) is 6.92 Å². The molecule has 0 fully saturated rings. The Morgan fingerprint density at radius 2 is 1.70 bits per heavy atom. The Bertz CT molecular complexity index is 1150. The standard InChI is InChI=1S/C24H21NO5/c1-17-20-11-5-6-12-21(20)30-23(17)24(27)29-16-22(26)25(15-19-10-7-13-28-19)14-18-8-3-2-4-9-18/h2-13H,14-16H2,1H3. The van der Waals surface area contributed by atoms with Gasteiger partial charge in [0.2, 0.25) is 5.76 Å². The topological polar surface area (TPSA) is 72.9 Å². The Labute approximate surface area is 173 Å². The third kappa shape index (κ3) is 4.27. The molecule has 0 spiro atoms. The van der Waals surface area contributed by atoms with Crippen LogP contribution in [0.5, 0.6) is 0 Å². The van der Waals surface area contributed by atoms with E-state index in [0.717, 1.165) is 10.9 Å². The van der Waals surface area contributed by atoms with Gasteiger partial charge in [-0.1, -0.05) is 48.5 Å². The molecule has 1 amide bonds. The van der Waals surface area contributed by atoms with Gasteiger partial charge in [0.15, 0.2) is 6.61 Å². The summed E-state index contributed by atoms with van der Waals surface area (Å²) in [7, 11) is 0. The summed E-state index contributed by atoms with van der Waals surface area (Å²) in [4.78, 5) is 27.0. The quantitative estimate of drug-likeness (QED) is 0.418. The molecule has 0 unspecified atom stereocenters. The summed E-state index contributed by atoms with van der Waals surface area (Å²) in [5.74, 6) is -0.213. The number of esters is 1. The van der Waals surface area contributed by atoms with Gasteiger partial charge in [-0.3, -0.25) is 4.79 Å². The second-order valence-corrected chi connectivity index (χ2v) is 6.94. The molecule has 4 rings (SSSR count). The maximum absolute atomic E-state index is 12.8. The van der Waals surface area contributed by atoms with Crippen LogP contribution in [0.3, 0.4) is 0 Å². The first-order valence-electron chi connectivity index (χ1n) is 9.61. The highest BCUT2D eigenvalue weighted by molar-refractivity contribution is 5.96. The van der Waals surface area contributed by atoms with Crippen molar-refractivity contribution in [1.29, 1.82) is 0 Å². The molecule has 0 aliphatic carbocycles. The van der Waals surface area contributed by atoms with Gasteiger partial charge in [0.25, 0.3) is 5.91 Å². The first kappa shape index (κ1) is 19.5. The summed E-state index contributed by atoms with van der Waals surface area (Å²) < 4.78 is 16.3. The molecular formula is C24H21NO5. The number of aryl methyl sites for hydroxylation is 1. The van der Waals surface area contributed by atoms with E-state index in [1.165, 1.54) is 0 Å². The van der Waals surface area contributed by atoms with Crippen molar-refractivity contribution in [3.63, 3.8) is 0 Å². The molecule has 0 atom stereocenters. The summed E-state index contributed by atoms with van der Waals surface area (Å²) in [6, 6.07) is 20.6. The second kappa shape index (κ2) is 8.69. The van der Waals surface area contributed by atoms with Gasteiger partial charge in [-0.2, -0.15) is 0 Å². The SMILES string of the molecule is Cc1c(C(=O)OCC(=O)N(Cc2ccccc2)Cc2ccco2)oc2ccccc12. The van der Waals surface area contributed by atoms with Crippen LogP contribution in [0.1, 0.15) is 27.4 Å². The van der Waals surface area contributed by atoms with Crippen molar-refractivity contribution >= 4 is 22.8 Å². The van der Waals surface area contributed by atoms with E-state index in [9.17, 15) is 9.59 Å². The average Bonchev–Trinajstić information content (AvgIpc) is 3.40. The van der Waals surface area contributed by atoms with Crippen LogP contribution in [0.2, 0.25) is 0 Å². The number of ether oxygens (including phenoxy) is 1. The van der Waals surface area contributed by atoms with Gasteiger partial charge >= 0.3 is 5.97 Å². The van der Waals surface area contributed by atoms with Gasteiger partial charge in [-0.15, -0.1) is 0 Å². The molecule has 0 aliphatic heterocycles. The molecule has 6 heteroatoms. The minimum Gasteiger partial charge on any atom is -0.467 e. The number of amides is 1.